The lowest BCUT2D eigenvalue weighted by atomic mass is 10.2. The molecule has 6 heteroatoms. The number of carbonyl (C=O) groups is 1. The van der Waals surface area contributed by atoms with Crippen LogP contribution in [0.1, 0.15) is 12.0 Å². The van der Waals surface area contributed by atoms with Gasteiger partial charge in [0.05, 0.1) is 5.69 Å². The summed E-state index contributed by atoms with van der Waals surface area (Å²) in [4.78, 5) is 16.5. The quantitative estimate of drug-likeness (QED) is 0.888. The van der Waals surface area contributed by atoms with Gasteiger partial charge in [-0.25, -0.2) is 9.18 Å². The largest absolute Gasteiger partial charge is 0.323 e. The standard InChI is InChI=1S/C19H21ClFN3O/c20-16-8-6-15(7-9-16)14-23-10-3-11-24(13-12-23)19(25)22-18-5-2-1-4-17(18)21/h1-2,4-9H,3,10-14H2,(H,22,25). The first kappa shape index (κ1) is 17.7. The molecule has 0 spiro atoms. The number of hydrogen-bond acceptors (Lipinski definition) is 2. The van der Waals surface area contributed by atoms with Crippen LogP contribution in [-0.4, -0.2) is 42.0 Å². The lowest BCUT2D eigenvalue weighted by Gasteiger charge is -2.22. The van der Waals surface area contributed by atoms with Crippen molar-refractivity contribution < 1.29 is 9.18 Å². The van der Waals surface area contributed by atoms with Gasteiger partial charge in [0.1, 0.15) is 5.82 Å². The van der Waals surface area contributed by atoms with Gasteiger partial charge in [-0.05, 0) is 36.2 Å². The average Bonchev–Trinajstić information content (AvgIpc) is 2.85. The Morgan fingerprint density at radius 1 is 1.04 bits per heavy atom. The molecule has 25 heavy (non-hydrogen) atoms. The molecule has 3 rings (SSSR count). The molecule has 0 aliphatic carbocycles. The third-order valence-electron chi connectivity index (χ3n) is 4.31. The summed E-state index contributed by atoms with van der Waals surface area (Å²) < 4.78 is 13.7. The fourth-order valence-electron chi connectivity index (χ4n) is 2.94. The Morgan fingerprint density at radius 2 is 1.80 bits per heavy atom. The van der Waals surface area contributed by atoms with Gasteiger partial charge in [0.25, 0.3) is 0 Å². The molecule has 2 aromatic carbocycles. The summed E-state index contributed by atoms with van der Waals surface area (Å²) in [5, 5.41) is 3.39. The first-order valence-electron chi connectivity index (χ1n) is 8.39. The molecule has 132 valence electrons. The smallest absolute Gasteiger partial charge is 0.321 e. The van der Waals surface area contributed by atoms with Crippen LogP contribution >= 0.6 is 11.6 Å². The third-order valence-corrected chi connectivity index (χ3v) is 4.56. The molecule has 1 N–H and O–H groups in total. The maximum absolute atomic E-state index is 13.7. The Bertz CT molecular complexity index is 723. The average molecular weight is 362 g/mol. The van der Waals surface area contributed by atoms with Crippen molar-refractivity contribution in [2.75, 3.05) is 31.5 Å². The summed E-state index contributed by atoms with van der Waals surface area (Å²) in [6, 6.07) is 13.8. The van der Waals surface area contributed by atoms with Crippen LogP contribution in [0.5, 0.6) is 0 Å². The van der Waals surface area contributed by atoms with Crippen LogP contribution in [-0.2, 0) is 6.54 Å². The number of benzene rings is 2. The molecule has 0 radical (unpaired) electrons. The van der Waals surface area contributed by atoms with Crippen molar-refractivity contribution in [2.24, 2.45) is 0 Å². The minimum Gasteiger partial charge on any atom is -0.323 e. The number of halogens is 2. The van der Waals surface area contributed by atoms with E-state index in [4.69, 9.17) is 11.6 Å². The molecular formula is C19H21ClFN3O. The van der Waals surface area contributed by atoms with E-state index in [0.717, 1.165) is 31.1 Å². The maximum Gasteiger partial charge on any atom is 0.321 e. The predicted molar refractivity (Wildman–Crippen MR) is 98.3 cm³/mol. The highest BCUT2D eigenvalue weighted by molar-refractivity contribution is 6.30. The fourth-order valence-corrected chi connectivity index (χ4v) is 3.06. The SMILES string of the molecule is O=C(Nc1ccccc1F)N1CCCN(Cc2ccc(Cl)cc2)CC1. The predicted octanol–water partition coefficient (Wildman–Crippen LogP) is 4.22. The van der Waals surface area contributed by atoms with E-state index in [9.17, 15) is 9.18 Å². The fraction of sp³-hybridized carbons (Fsp3) is 0.316. The Labute approximate surface area is 152 Å². The number of rotatable bonds is 3. The highest BCUT2D eigenvalue weighted by atomic mass is 35.5. The van der Waals surface area contributed by atoms with E-state index in [1.165, 1.54) is 11.6 Å². The molecule has 1 aliphatic rings. The zero-order valence-corrected chi connectivity index (χ0v) is 14.7. The number of nitrogens with zero attached hydrogens (tertiary/aromatic N) is 2. The number of urea groups is 1. The van der Waals surface area contributed by atoms with Gasteiger partial charge in [0.2, 0.25) is 0 Å². The van der Waals surface area contributed by atoms with Crippen LogP contribution in [0.4, 0.5) is 14.9 Å². The summed E-state index contributed by atoms with van der Waals surface area (Å²) in [5.41, 5.74) is 1.42. The topological polar surface area (TPSA) is 35.6 Å². The van der Waals surface area contributed by atoms with Gasteiger partial charge in [0, 0.05) is 37.7 Å². The van der Waals surface area contributed by atoms with Crippen LogP contribution in [0, 0.1) is 5.82 Å². The van der Waals surface area contributed by atoms with E-state index >= 15 is 0 Å². The molecule has 1 heterocycles. The normalized spacial score (nSPS) is 15.7. The number of para-hydroxylation sites is 1. The molecule has 0 unspecified atom stereocenters. The van der Waals surface area contributed by atoms with Gasteiger partial charge < -0.3 is 10.2 Å². The van der Waals surface area contributed by atoms with E-state index in [1.807, 2.05) is 24.3 Å². The second kappa shape index (κ2) is 8.32. The van der Waals surface area contributed by atoms with E-state index in [-0.39, 0.29) is 11.7 Å². The van der Waals surface area contributed by atoms with Gasteiger partial charge in [-0.1, -0.05) is 35.9 Å². The summed E-state index contributed by atoms with van der Waals surface area (Å²) in [7, 11) is 0. The molecule has 2 amide bonds. The summed E-state index contributed by atoms with van der Waals surface area (Å²) in [6.07, 6.45) is 0.887. The van der Waals surface area contributed by atoms with Crippen molar-refractivity contribution in [3.05, 3.63) is 64.9 Å². The third kappa shape index (κ3) is 4.94. The first-order valence-corrected chi connectivity index (χ1v) is 8.77. The van der Waals surface area contributed by atoms with Crippen LogP contribution in [0.25, 0.3) is 0 Å². The maximum atomic E-state index is 13.7. The van der Waals surface area contributed by atoms with Gasteiger partial charge in [-0.3, -0.25) is 4.90 Å². The zero-order valence-electron chi connectivity index (χ0n) is 13.9. The Kier molecular flexibility index (Phi) is 5.89. The van der Waals surface area contributed by atoms with Crippen molar-refractivity contribution in [3.8, 4) is 0 Å². The van der Waals surface area contributed by atoms with E-state index in [1.54, 1.807) is 23.1 Å². The Hall–Kier alpha value is -2.11. The number of anilines is 1. The van der Waals surface area contributed by atoms with E-state index < -0.39 is 5.82 Å². The van der Waals surface area contributed by atoms with Crippen molar-refractivity contribution >= 4 is 23.3 Å². The number of amides is 2. The zero-order chi connectivity index (χ0) is 17.6. The highest BCUT2D eigenvalue weighted by Gasteiger charge is 2.20. The first-order chi connectivity index (χ1) is 12.1. The van der Waals surface area contributed by atoms with Gasteiger partial charge in [0.15, 0.2) is 0 Å². The molecular weight excluding hydrogens is 341 g/mol. The van der Waals surface area contributed by atoms with Gasteiger partial charge >= 0.3 is 6.03 Å². The second-order valence-corrected chi connectivity index (χ2v) is 6.59. The number of nitrogens with one attached hydrogen (secondary N) is 1. The lowest BCUT2D eigenvalue weighted by Crippen LogP contribution is -2.38. The number of hydrogen-bond donors (Lipinski definition) is 1. The summed E-state index contributed by atoms with van der Waals surface area (Å²) in [6.45, 7) is 3.82. The lowest BCUT2D eigenvalue weighted by molar-refractivity contribution is 0.211. The van der Waals surface area contributed by atoms with Gasteiger partial charge in [-0.15, -0.1) is 0 Å². The van der Waals surface area contributed by atoms with Crippen LogP contribution in [0.3, 0.4) is 0 Å². The van der Waals surface area contributed by atoms with Crippen molar-refractivity contribution in [2.45, 2.75) is 13.0 Å². The van der Waals surface area contributed by atoms with Crippen molar-refractivity contribution in [3.63, 3.8) is 0 Å². The van der Waals surface area contributed by atoms with Crippen LogP contribution in [0.15, 0.2) is 48.5 Å². The van der Waals surface area contributed by atoms with Gasteiger partial charge in [-0.2, -0.15) is 0 Å². The minimum atomic E-state index is -0.421. The highest BCUT2D eigenvalue weighted by Crippen LogP contribution is 2.15. The molecule has 0 saturated carbocycles. The molecule has 0 atom stereocenters. The van der Waals surface area contributed by atoms with Crippen molar-refractivity contribution in [1.29, 1.82) is 0 Å². The molecule has 0 aromatic heterocycles. The molecule has 2 aromatic rings. The van der Waals surface area contributed by atoms with E-state index in [2.05, 4.69) is 10.2 Å². The summed E-state index contributed by atoms with van der Waals surface area (Å²) >= 11 is 5.92. The minimum absolute atomic E-state index is 0.217. The van der Waals surface area contributed by atoms with Crippen LogP contribution in [0.2, 0.25) is 5.02 Å². The Morgan fingerprint density at radius 3 is 2.56 bits per heavy atom. The molecule has 1 saturated heterocycles. The Balaban J connectivity index is 1.55. The second-order valence-electron chi connectivity index (χ2n) is 6.15. The monoisotopic (exact) mass is 361 g/mol. The van der Waals surface area contributed by atoms with Crippen molar-refractivity contribution in [1.82, 2.24) is 9.80 Å². The number of carbonyl (C=O) groups excluding carboxylic acids is 1. The summed E-state index contributed by atoms with van der Waals surface area (Å²) in [5.74, 6) is -0.421. The van der Waals surface area contributed by atoms with E-state index in [0.29, 0.717) is 13.1 Å². The molecule has 4 nitrogen and oxygen atoms in total. The molecule has 1 aliphatic heterocycles. The molecule has 0 bridgehead atoms. The van der Waals surface area contributed by atoms with Crippen LogP contribution < -0.4 is 5.32 Å². The molecule has 1 fully saturated rings.